The largest absolute Gasteiger partial charge is 0.493 e. The van der Waals surface area contributed by atoms with Gasteiger partial charge in [0.2, 0.25) is 11.7 Å². The molecule has 0 aliphatic rings. The van der Waals surface area contributed by atoms with E-state index in [2.05, 4.69) is 20.9 Å². The summed E-state index contributed by atoms with van der Waals surface area (Å²) in [5.74, 6) is -0.252. The summed E-state index contributed by atoms with van der Waals surface area (Å²) in [6.07, 6.45) is 1.51. The van der Waals surface area contributed by atoms with Gasteiger partial charge in [0.1, 0.15) is 10.9 Å². The number of nitrogens with one attached hydrogen (secondary N) is 3. The van der Waals surface area contributed by atoms with E-state index in [1.807, 2.05) is 41.8 Å². The van der Waals surface area contributed by atoms with Crippen LogP contribution in [0.25, 0.3) is 17.3 Å². The molecule has 284 valence electrons. The number of thioether (sulfide) groups is 1. The monoisotopic (exact) mass is 824 g/mol. The maximum Gasteiger partial charge on any atom is 0.272 e. The second kappa shape index (κ2) is 18.7. The van der Waals surface area contributed by atoms with Crippen LogP contribution in [0.5, 0.6) is 17.2 Å². The summed E-state index contributed by atoms with van der Waals surface area (Å²) in [5, 5.41) is 11.1. The van der Waals surface area contributed by atoms with Crippen molar-refractivity contribution in [3.8, 4) is 28.5 Å². The van der Waals surface area contributed by atoms with Crippen LogP contribution in [0.3, 0.4) is 0 Å². The van der Waals surface area contributed by atoms with Gasteiger partial charge in [-0.2, -0.15) is 0 Å². The van der Waals surface area contributed by atoms with Crippen molar-refractivity contribution in [3.05, 3.63) is 153 Å². The molecule has 1 aromatic heterocycles. The zero-order valence-electron chi connectivity index (χ0n) is 30.2. The van der Waals surface area contributed by atoms with Crippen LogP contribution < -0.4 is 30.2 Å². The van der Waals surface area contributed by atoms with E-state index in [1.165, 1.54) is 50.5 Å². The molecule has 10 nitrogen and oxygen atoms in total. The molecule has 56 heavy (non-hydrogen) atoms. The second-order valence-corrected chi connectivity index (χ2v) is 14.8. The smallest absolute Gasteiger partial charge is 0.272 e. The lowest BCUT2D eigenvalue weighted by atomic mass is 10.1. The molecular formula is C42H34Cl2N4O6S2. The van der Waals surface area contributed by atoms with Gasteiger partial charge in [0.25, 0.3) is 11.8 Å². The third-order valence-electron chi connectivity index (χ3n) is 8.15. The standard InChI is InChI=1S/C42H34Cl2N4O6S2/c1-52-35-20-25(21-36(53-2)37(35)54-3)19-33(46-39(49)27-13-8-5-9-14-27)40(50)45-29-15-10-16-30(23-29)56-38(26-11-6-4-7-12-26)41(51)48-42-47-34(24-55-42)31-18-17-28(43)22-32(31)44/h4-24,38H,1-3H3,(H,45,50)(H,46,49)(H,47,48,51)/b33-19+. The lowest BCUT2D eigenvalue weighted by Gasteiger charge is -2.17. The van der Waals surface area contributed by atoms with E-state index < -0.39 is 17.1 Å². The van der Waals surface area contributed by atoms with Gasteiger partial charge >= 0.3 is 0 Å². The van der Waals surface area contributed by atoms with E-state index in [1.54, 1.807) is 78.9 Å². The van der Waals surface area contributed by atoms with Crippen molar-refractivity contribution in [2.24, 2.45) is 0 Å². The van der Waals surface area contributed by atoms with Gasteiger partial charge < -0.3 is 30.2 Å². The highest BCUT2D eigenvalue weighted by molar-refractivity contribution is 8.00. The van der Waals surface area contributed by atoms with Crippen LogP contribution in [0, 0.1) is 0 Å². The molecule has 6 aromatic rings. The van der Waals surface area contributed by atoms with Crippen molar-refractivity contribution < 1.29 is 28.6 Å². The van der Waals surface area contributed by atoms with Crippen LogP contribution in [0.1, 0.15) is 26.7 Å². The molecule has 0 bridgehead atoms. The first-order chi connectivity index (χ1) is 27.1. The minimum atomic E-state index is -0.686. The summed E-state index contributed by atoms with van der Waals surface area (Å²) in [5.41, 5.74) is 3.32. The number of aromatic nitrogens is 1. The van der Waals surface area contributed by atoms with Crippen molar-refractivity contribution in [2.45, 2.75) is 10.1 Å². The van der Waals surface area contributed by atoms with Crippen LogP contribution in [-0.2, 0) is 9.59 Å². The topological polar surface area (TPSA) is 128 Å². The molecule has 1 heterocycles. The Morgan fingerprint density at radius 3 is 2.14 bits per heavy atom. The van der Waals surface area contributed by atoms with Crippen LogP contribution in [0.4, 0.5) is 10.8 Å². The minimum Gasteiger partial charge on any atom is -0.493 e. The molecule has 0 aliphatic heterocycles. The molecule has 0 fully saturated rings. The highest BCUT2D eigenvalue weighted by Gasteiger charge is 2.24. The number of carbonyl (C=O) groups excluding carboxylic acids is 3. The van der Waals surface area contributed by atoms with Crippen molar-refractivity contribution in [2.75, 3.05) is 32.0 Å². The van der Waals surface area contributed by atoms with E-state index in [0.29, 0.717) is 65.4 Å². The summed E-state index contributed by atoms with van der Waals surface area (Å²) in [7, 11) is 4.47. The van der Waals surface area contributed by atoms with Crippen molar-refractivity contribution in [3.63, 3.8) is 0 Å². The molecule has 0 radical (unpaired) electrons. The summed E-state index contributed by atoms with van der Waals surface area (Å²) in [4.78, 5) is 46.4. The summed E-state index contributed by atoms with van der Waals surface area (Å²) in [6, 6.07) is 33.5. The number of methoxy groups -OCH3 is 3. The van der Waals surface area contributed by atoms with Crippen molar-refractivity contribution in [1.29, 1.82) is 0 Å². The van der Waals surface area contributed by atoms with Gasteiger partial charge in [0, 0.05) is 32.1 Å². The van der Waals surface area contributed by atoms with E-state index in [-0.39, 0.29) is 11.6 Å². The number of thiazole rings is 1. The number of anilines is 2. The maximum atomic E-state index is 14.0. The molecule has 0 saturated heterocycles. The molecule has 1 unspecified atom stereocenters. The quantitative estimate of drug-likeness (QED) is 0.0732. The Bertz CT molecular complexity index is 2370. The van der Waals surface area contributed by atoms with Crippen LogP contribution in [-0.4, -0.2) is 44.0 Å². The number of carbonyl (C=O) groups is 3. The zero-order chi connectivity index (χ0) is 39.6. The number of ether oxygens (including phenoxy) is 3. The number of hydrogen-bond acceptors (Lipinski definition) is 9. The van der Waals surface area contributed by atoms with Crippen LogP contribution in [0.2, 0.25) is 10.0 Å². The minimum absolute atomic E-state index is 0.0459. The predicted octanol–water partition coefficient (Wildman–Crippen LogP) is 10.0. The summed E-state index contributed by atoms with van der Waals surface area (Å²) in [6.45, 7) is 0. The second-order valence-electron chi connectivity index (χ2n) is 11.9. The molecule has 6 rings (SSSR count). The maximum absolute atomic E-state index is 14.0. The molecule has 3 amide bonds. The SMILES string of the molecule is COc1cc(/C=C(/NC(=O)c2ccccc2)C(=O)Nc2cccc(SC(C(=O)Nc3nc(-c4ccc(Cl)cc4Cl)cs3)c3ccccc3)c2)cc(OC)c1OC. The first-order valence-electron chi connectivity index (χ1n) is 16.9. The lowest BCUT2D eigenvalue weighted by Crippen LogP contribution is -2.30. The number of halogens is 2. The van der Waals surface area contributed by atoms with Crippen LogP contribution in [0.15, 0.2) is 131 Å². The zero-order valence-corrected chi connectivity index (χ0v) is 33.3. The van der Waals surface area contributed by atoms with E-state index in [0.717, 1.165) is 5.56 Å². The Kier molecular flexibility index (Phi) is 13.3. The Labute approximate surface area is 341 Å². The van der Waals surface area contributed by atoms with Gasteiger partial charge in [-0.05, 0) is 77.9 Å². The molecule has 1 atom stereocenters. The average molecular weight is 826 g/mol. The number of rotatable bonds is 14. The molecule has 3 N–H and O–H groups in total. The average Bonchev–Trinajstić information content (AvgIpc) is 3.67. The van der Waals surface area contributed by atoms with Gasteiger partial charge in [0.15, 0.2) is 16.6 Å². The number of amides is 3. The Balaban J connectivity index is 1.25. The van der Waals surface area contributed by atoms with Gasteiger partial charge in [0.05, 0.1) is 32.0 Å². The predicted molar refractivity (Wildman–Crippen MR) is 224 cm³/mol. The lowest BCUT2D eigenvalue weighted by molar-refractivity contribution is -0.116. The summed E-state index contributed by atoms with van der Waals surface area (Å²) >= 11 is 15.1. The third-order valence-corrected chi connectivity index (χ3v) is 10.7. The molecule has 5 aromatic carbocycles. The molecule has 0 aliphatic carbocycles. The molecular weight excluding hydrogens is 792 g/mol. The first kappa shape index (κ1) is 39.9. The van der Waals surface area contributed by atoms with E-state index in [4.69, 9.17) is 37.4 Å². The number of hydrogen-bond donors (Lipinski definition) is 3. The third kappa shape index (κ3) is 9.89. The van der Waals surface area contributed by atoms with Gasteiger partial charge in [-0.25, -0.2) is 4.98 Å². The fourth-order valence-corrected chi connectivity index (χ4v) is 7.80. The van der Waals surface area contributed by atoms with Crippen LogP contribution >= 0.6 is 46.3 Å². The van der Waals surface area contributed by atoms with Gasteiger partial charge in [-0.1, -0.05) is 77.8 Å². The van der Waals surface area contributed by atoms with Gasteiger partial charge in [-0.3, -0.25) is 14.4 Å². The number of benzene rings is 5. The Hall–Kier alpha value is -5.79. The normalized spacial score (nSPS) is 11.6. The highest BCUT2D eigenvalue weighted by atomic mass is 35.5. The fourth-order valence-electron chi connectivity index (χ4n) is 5.50. The van der Waals surface area contributed by atoms with E-state index >= 15 is 0 Å². The Morgan fingerprint density at radius 2 is 1.48 bits per heavy atom. The number of nitrogens with zero attached hydrogens (tertiary/aromatic N) is 1. The van der Waals surface area contributed by atoms with Crippen molar-refractivity contribution in [1.82, 2.24) is 10.3 Å². The van der Waals surface area contributed by atoms with Gasteiger partial charge in [-0.15, -0.1) is 23.1 Å². The highest BCUT2D eigenvalue weighted by Crippen LogP contribution is 2.40. The fraction of sp³-hybridized carbons (Fsp3) is 0.0952. The molecule has 0 spiro atoms. The first-order valence-corrected chi connectivity index (χ1v) is 19.4. The molecule has 14 heteroatoms. The van der Waals surface area contributed by atoms with E-state index in [9.17, 15) is 14.4 Å². The van der Waals surface area contributed by atoms with Crippen molar-refractivity contribution >= 4 is 80.9 Å². The molecule has 0 saturated carbocycles. The summed E-state index contributed by atoms with van der Waals surface area (Å²) < 4.78 is 16.4. The Morgan fingerprint density at radius 1 is 0.786 bits per heavy atom.